The number of hydrogen-bond donors (Lipinski definition) is 0. The van der Waals surface area contributed by atoms with E-state index >= 15 is 0 Å². The van der Waals surface area contributed by atoms with E-state index < -0.39 is 0 Å². The van der Waals surface area contributed by atoms with Crippen LogP contribution in [0.1, 0.15) is 45.1 Å². The second-order valence-electron chi connectivity index (χ2n) is 4.48. The third kappa shape index (κ3) is 4.70. The number of ether oxygens (including phenoxy) is 1. The van der Waals surface area contributed by atoms with E-state index in [1.807, 2.05) is 12.1 Å². The second kappa shape index (κ2) is 8.16. The van der Waals surface area contributed by atoms with Crippen LogP contribution in [0.25, 0.3) is 0 Å². The molecular formula is C15H20BrNO. The van der Waals surface area contributed by atoms with Crippen LogP contribution in [-0.4, -0.2) is 6.61 Å². The van der Waals surface area contributed by atoms with E-state index in [1.165, 1.54) is 19.3 Å². The molecule has 1 rings (SSSR count). The summed E-state index contributed by atoms with van der Waals surface area (Å²) < 4.78 is 6.75. The molecule has 0 N–H and O–H groups in total. The highest BCUT2D eigenvalue weighted by Gasteiger charge is 2.09. The molecule has 0 saturated heterocycles. The summed E-state index contributed by atoms with van der Waals surface area (Å²) in [6.07, 6.45) is 4.78. The Hall–Kier alpha value is -1.01. The van der Waals surface area contributed by atoms with Gasteiger partial charge in [0.15, 0.2) is 0 Å². The minimum atomic E-state index is 0.579. The number of rotatable bonds is 7. The van der Waals surface area contributed by atoms with Crippen LogP contribution in [0.15, 0.2) is 22.7 Å². The van der Waals surface area contributed by atoms with E-state index in [2.05, 4.69) is 35.8 Å². The van der Waals surface area contributed by atoms with Gasteiger partial charge in [-0.25, -0.2) is 0 Å². The van der Waals surface area contributed by atoms with Crippen molar-refractivity contribution in [3.05, 3.63) is 28.2 Å². The van der Waals surface area contributed by atoms with Crippen molar-refractivity contribution < 1.29 is 4.74 Å². The standard InChI is InChI=1S/C15H20BrNO/c1-3-5-6-12(4-2)11-18-15-9-14(16)8-7-13(15)10-17/h7-9,12H,3-6,11H2,1-2H3. The summed E-state index contributed by atoms with van der Waals surface area (Å²) in [7, 11) is 0. The summed E-state index contributed by atoms with van der Waals surface area (Å²) in [4.78, 5) is 0. The molecule has 1 atom stereocenters. The van der Waals surface area contributed by atoms with Crippen LogP contribution >= 0.6 is 15.9 Å². The highest BCUT2D eigenvalue weighted by atomic mass is 79.9. The summed E-state index contributed by atoms with van der Waals surface area (Å²) in [6.45, 7) is 5.09. The average molecular weight is 310 g/mol. The van der Waals surface area contributed by atoms with Crippen molar-refractivity contribution >= 4 is 15.9 Å². The molecule has 98 valence electrons. The third-order valence-corrected chi connectivity index (χ3v) is 3.58. The fourth-order valence-electron chi connectivity index (χ4n) is 1.81. The number of unbranched alkanes of at least 4 members (excludes halogenated alkanes) is 1. The van der Waals surface area contributed by atoms with E-state index in [0.29, 0.717) is 23.8 Å². The first-order valence-electron chi connectivity index (χ1n) is 6.53. The van der Waals surface area contributed by atoms with Gasteiger partial charge in [-0.05, 0) is 30.5 Å². The van der Waals surface area contributed by atoms with Crippen LogP contribution in [0.4, 0.5) is 0 Å². The van der Waals surface area contributed by atoms with Gasteiger partial charge in [-0.15, -0.1) is 0 Å². The lowest BCUT2D eigenvalue weighted by Crippen LogP contribution is -2.11. The van der Waals surface area contributed by atoms with Crippen molar-refractivity contribution in [2.75, 3.05) is 6.61 Å². The quantitative estimate of drug-likeness (QED) is 0.716. The first-order valence-corrected chi connectivity index (χ1v) is 7.33. The lowest BCUT2D eigenvalue weighted by atomic mass is 10.0. The maximum absolute atomic E-state index is 9.03. The molecule has 0 saturated carbocycles. The molecule has 1 unspecified atom stereocenters. The highest BCUT2D eigenvalue weighted by Crippen LogP contribution is 2.24. The zero-order valence-electron chi connectivity index (χ0n) is 11.1. The lowest BCUT2D eigenvalue weighted by molar-refractivity contribution is 0.232. The highest BCUT2D eigenvalue weighted by molar-refractivity contribution is 9.10. The molecule has 0 heterocycles. The molecule has 1 aromatic rings. The molecule has 0 aliphatic carbocycles. The van der Waals surface area contributed by atoms with Crippen molar-refractivity contribution in [2.24, 2.45) is 5.92 Å². The largest absolute Gasteiger partial charge is 0.492 e. The van der Waals surface area contributed by atoms with Crippen molar-refractivity contribution in [3.8, 4) is 11.8 Å². The average Bonchev–Trinajstić information content (AvgIpc) is 2.39. The molecule has 0 aliphatic heterocycles. The predicted octanol–water partition coefficient (Wildman–Crippen LogP) is 4.92. The van der Waals surface area contributed by atoms with Gasteiger partial charge in [-0.2, -0.15) is 5.26 Å². The van der Waals surface area contributed by atoms with E-state index in [4.69, 9.17) is 10.00 Å². The minimum absolute atomic E-state index is 0.579. The molecule has 1 aromatic carbocycles. The van der Waals surface area contributed by atoms with E-state index in [-0.39, 0.29) is 0 Å². The summed E-state index contributed by atoms with van der Waals surface area (Å²) in [5.41, 5.74) is 0.601. The van der Waals surface area contributed by atoms with E-state index in [0.717, 1.165) is 10.9 Å². The lowest BCUT2D eigenvalue weighted by Gasteiger charge is -2.16. The molecular weight excluding hydrogens is 290 g/mol. The van der Waals surface area contributed by atoms with Crippen molar-refractivity contribution in [2.45, 2.75) is 39.5 Å². The number of nitrogens with zero attached hydrogens (tertiary/aromatic N) is 1. The van der Waals surface area contributed by atoms with Crippen molar-refractivity contribution in [1.29, 1.82) is 5.26 Å². The Morgan fingerprint density at radius 3 is 2.78 bits per heavy atom. The summed E-state index contributed by atoms with van der Waals surface area (Å²) in [5, 5.41) is 9.03. The maximum atomic E-state index is 9.03. The summed E-state index contributed by atoms with van der Waals surface area (Å²) in [5.74, 6) is 1.26. The third-order valence-electron chi connectivity index (χ3n) is 3.08. The Labute approximate surface area is 118 Å². The van der Waals surface area contributed by atoms with Crippen LogP contribution in [-0.2, 0) is 0 Å². The van der Waals surface area contributed by atoms with Gasteiger partial charge in [0, 0.05) is 4.47 Å². The van der Waals surface area contributed by atoms with E-state index in [1.54, 1.807) is 6.07 Å². The van der Waals surface area contributed by atoms with Crippen molar-refractivity contribution in [1.82, 2.24) is 0 Å². The maximum Gasteiger partial charge on any atom is 0.138 e. The van der Waals surface area contributed by atoms with Crippen LogP contribution in [0, 0.1) is 17.2 Å². The Balaban J connectivity index is 2.61. The van der Waals surface area contributed by atoms with Crippen molar-refractivity contribution in [3.63, 3.8) is 0 Å². The number of hydrogen-bond acceptors (Lipinski definition) is 2. The molecule has 0 fully saturated rings. The zero-order valence-corrected chi connectivity index (χ0v) is 12.7. The molecule has 0 spiro atoms. The van der Waals surface area contributed by atoms with Gasteiger partial charge in [0.25, 0.3) is 0 Å². The number of halogens is 1. The molecule has 0 radical (unpaired) electrons. The second-order valence-corrected chi connectivity index (χ2v) is 5.40. The Morgan fingerprint density at radius 2 is 2.17 bits per heavy atom. The smallest absolute Gasteiger partial charge is 0.138 e. The van der Waals surface area contributed by atoms with Gasteiger partial charge < -0.3 is 4.74 Å². The van der Waals surface area contributed by atoms with Gasteiger partial charge in [0.1, 0.15) is 11.8 Å². The normalized spacial score (nSPS) is 11.9. The molecule has 0 amide bonds. The summed E-state index contributed by atoms with van der Waals surface area (Å²) >= 11 is 3.40. The van der Waals surface area contributed by atoms with Gasteiger partial charge in [-0.1, -0.05) is 49.0 Å². The summed E-state index contributed by atoms with van der Waals surface area (Å²) in [6, 6.07) is 7.67. The van der Waals surface area contributed by atoms with Crippen LogP contribution in [0.2, 0.25) is 0 Å². The SMILES string of the molecule is CCCCC(CC)COc1cc(Br)ccc1C#N. The minimum Gasteiger partial charge on any atom is -0.492 e. The predicted molar refractivity (Wildman–Crippen MR) is 77.7 cm³/mol. The fraction of sp³-hybridized carbons (Fsp3) is 0.533. The Bertz CT molecular complexity index is 411. The molecule has 2 nitrogen and oxygen atoms in total. The fourth-order valence-corrected chi connectivity index (χ4v) is 2.15. The number of nitriles is 1. The monoisotopic (exact) mass is 309 g/mol. The Kier molecular flexibility index (Phi) is 6.82. The van der Waals surface area contributed by atoms with Crippen LogP contribution < -0.4 is 4.74 Å². The molecule has 3 heteroatoms. The first-order chi connectivity index (χ1) is 8.71. The molecule has 0 bridgehead atoms. The van der Waals surface area contributed by atoms with E-state index in [9.17, 15) is 0 Å². The van der Waals surface area contributed by atoms with Gasteiger partial charge >= 0.3 is 0 Å². The zero-order chi connectivity index (χ0) is 13.4. The van der Waals surface area contributed by atoms with Crippen LogP contribution in [0.3, 0.4) is 0 Å². The molecule has 0 aliphatic rings. The van der Waals surface area contributed by atoms with Gasteiger partial charge in [0.2, 0.25) is 0 Å². The van der Waals surface area contributed by atoms with Crippen LogP contribution in [0.5, 0.6) is 5.75 Å². The first kappa shape index (κ1) is 15.0. The Morgan fingerprint density at radius 1 is 1.39 bits per heavy atom. The number of benzene rings is 1. The van der Waals surface area contributed by atoms with Gasteiger partial charge in [0.05, 0.1) is 12.2 Å². The topological polar surface area (TPSA) is 33.0 Å². The molecule has 0 aromatic heterocycles. The molecule has 18 heavy (non-hydrogen) atoms. The van der Waals surface area contributed by atoms with Gasteiger partial charge in [-0.3, -0.25) is 0 Å².